The van der Waals surface area contributed by atoms with Crippen LogP contribution in [0.25, 0.3) is 16.1 Å². The molecule has 0 unspecified atom stereocenters. The summed E-state index contributed by atoms with van der Waals surface area (Å²) in [5.74, 6) is 1.01. The third-order valence-corrected chi connectivity index (χ3v) is 7.86. The smallest absolute Gasteiger partial charge is 0.155 e. The SMILES string of the molecule is Cc1nc(N2CCC3(CC2)Cc2cccnc2C3)c2ccnn2c1-c1ccc(C#N)s1. The molecule has 0 N–H and O–H groups in total. The monoisotopic (exact) mass is 426 g/mol. The predicted octanol–water partition coefficient (Wildman–Crippen LogP) is 4.42. The highest BCUT2D eigenvalue weighted by Gasteiger charge is 2.41. The van der Waals surface area contributed by atoms with E-state index in [0.29, 0.717) is 10.3 Å². The molecule has 1 spiro atoms. The van der Waals surface area contributed by atoms with Crippen LogP contribution < -0.4 is 4.90 Å². The second kappa shape index (κ2) is 6.89. The molecule has 0 saturated carbocycles. The van der Waals surface area contributed by atoms with Crippen molar-refractivity contribution in [3.05, 3.63) is 64.6 Å². The maximum absolute atomic E-state index is 9.21. The Morgan fingerprint density at radius 1 is 1.10 bits per heavy atom. The van der Waals surface area contributed by atoms with Crippen molar-refractivity contribution in [2.24, 2.45) is 5.41 Å². The highest BCUT2D eigenvalue weighted by Crippen LogP contribution is 2.45. The lowest BCUT2D eigenvalue weighted by atomic mass is 9.76. The molecule has 1 fully saturated rings. The van der Waals surface area contributed by atoms with Gasteiger partial charge in [-0.15, -0.1) is 11.3 Å². The second-order valence-corrected chi connectivity index (χ2v) is 9.81. The summed E-state index contributed by atoms with van der Waals surface area (Å²) in [6, 6.07) is 12.4. The van der Waals surface area contributed by atoms with E-state index in [4.69, 9.17) is 4.98 Å². The van der Waals surface area contributed by atoms with Crippen LogP contribution in [0, 0.1) is 23.7 Å². The Labute approximate surface area is 184 Å². The summed E-state index contributed by atoms with van der Waals surface area (Å²) in [4.78, 5) is 13.8. The van der Waals surface area contributed by atoms with Crippen LogP contribution in [0.15, 0.2) is 42.7 Å². The van der Waals surface area contributed by atoms with Gasteiger partial charge in [0.15, 0.2) is 5.82 Å². The molecule has 6 rings (SSSR count). The standard InChI is InChI=1S/C24H22N6S/c1-16-22(21-5-4-18(15-25)31-21)30-20(6-10-27-30)23(28-16)29-11-7-24(8-12-29)13-17-3-2-9-26-19(17)14-24/h2-6,9-10H,7-8,11-14H2,1H3. The van der Waals surface area contributed by atoms with Crippen LogP contribution >= 0.6 is 11.3 Å². The maximum atomic E-state index is 9.21. The highest BCUT2D eigenvalue weighted by atomic mass is 32.1. The molecular weight excluding hydrogens is 404 g/mol. The number of aromatic nitrogens is 4. The van der Waals surface area contributed by atoms with E-state index < -0.39 is 0 Å². The van der Waals surface area contributed by atoms with Crippen molar-refractivity contribution in [2.45, 2.75) is 32.6 Å². The number of aryl methyl sites for hydroxylation is 1. The van der Waals surface area contributed by atoms with Gasteiger partial charge in [-0.1, -0.05) is 6.07 Å². The lowest BCUT2D eigenvalue weighted by Crippen LogP contribution is -2.41. The number of nitriles is 1. The van der Waals surface area contributed by atoms with Crippen LogP contribution in [0.3, 0.4) is 0 Å². The maximum Gasteiger partial charge on any atom is 0.155 e. The molecule has 4 aromatic rings. The first-order valence-electron chi connectivity index (χ1n) is 10.7. The minimum Gasteiger partial charge on any atom is -0.355 e. The van der Waals surface area contributed by atoms with Gasteiger partial charge in [-0.3, -0.25) is 4.98 Å². The molecule has 0 radical (unpaired) electrons. The van der Waals surface area contributed by atoms with Gasteiger partial charge in [0.1, 0.15) is 22.2 Å². The van der Waals surface area contributed by atoms with Crippen molar-refractivity contribution >= 4 is 22.7 Å². The number of piperidine rings is 1. The normalized spacial score (nSPS) is 17.2. The number of fused-ring (bicyclic) bond motifs is 2. The van der Waals surface area contributed by atoms with Crippen LogP contribution in [0.2, 0.25) is 0 Å². The molecule has 5 heterocycles. The Kier molecular flexibility index (Phi) is 4.12. The molecule has 154 valence electrons. The van der Waals surface area contributed by atoms with Crippen LogP contribution in [0.1, 0.15) is 34.7 Å². The summed E-state index contributed by atoms with van der Waals surface area (Å²) < 4.78 is 1.99. The fraction of sp³-hybridized carbons (Fsp3) is 0.333. The zero-order valence-electron chi connectivity index (χ0n) is 17.4. The molecule has 7 heteroatoms. The van der Waals surface area contributed by atoms with Gasteiger partial charge in [0, 0.05) is 25.0 Å². The summed E-state index contributed by atoms with van der Waals surface area (Å²) in [7, 11) is 0. The zero-order valence-corrected chi connectivity index (χ0v) is 18.2. The van der Waals surface area contributed by atoms with Gasteiger partial charge in [0.25, 0.3) is 0 Å². The fourth-order valence-electron chi connectivity index (χ4n) is 5.27. The Bertz CT molecular complexity index is 1310. The van der Waals surface area contributed by atoms with E-state index in [2.05, 4.69) is 33.2 Å². The number of hydrogen-bond acceptors (Lipinski definition) is 6. The van der Waals surface area contributed by atoms with E-state index in [0.717, 1.165) is 66.4 Å². The van der Waals surface area contributed by atoms with Crippen LogP contribution in [0.5, 0.6) is 0 Å². The number of thiophene rings is 1. The average molecular weight is 427 g/mol. The molecule has 0 aromatic carbocycles. The predicted molar refractivity (Wildman–Crippen MR) is 121 cm³/mol. The highest BCUT2D eigenvalue weighted by molar-refractivity contribution is 7.16. The van der Waals surface area contributed by atoms with Crippen molar-refractivity contribution in [3.8, 4) is 16.6 Å². The van der Waals surface area contributed by atoms with Gasteiger partial charge < -0.3 is 4.90 Å². The summed E-state index contributed by atoms with van der Waals surface area (Å²) >= 11 is 1.49. The molecule has 1 saturated heterocycles. The van der Waals surface area contributed by atoms with E-state index in [9.17, 15) is 5.26 Å². The summed E-state index contributed by atoms with van der Waals surface area (Å²) in [6.45, 7) is 4.03. The third-order valence-electron chi connectivity index (χ3n) is 6.87. The van der Waals surface area contributed by atoms with Gasteiger partial charge in [0.05, 0.1) is 16.8 Å². The first kappa shape index (κ1) is 18.5. The topological polar surface area (TPSA) is 70.1 Å². The Morgan fingerprint density at radius 3 is 2.74 bits per heavy atom. The molecule has 0 amide bonds. The van der Waals surface area contributed by atoms with Crippen LogP contribution in [-0.2, 0) is 12.8 Å². The molecule has 0 bridgehead atoms. The van der Waals surface area contributed by atoms with E-state index in [1.165, 1.54) is 22.6 Å². The van der Waals surface area contributed by atoms with Gasteiger partial charge in [-0.05, 0) is 67.9 Å². The molecule has 2 aliphatic rings. The van der Waals surface area contributed by atoms with E-state index >= 15 is 0 Å². The minimum atomic E-state index is 0.351. The van der Waals surface area contributed by atoms with Crippen molar-refractivity contribution in [2.75, 3.05) is 18.0 Å². The van der Waals surface area contributed by atoms with E-state index in [1.54, 1.807) is 0 Å². The number of hydrogen-bond donors (Lipinski definition) is 0. The summed E-state index contributed by atoms with van der Waals surface area (Å²) in [6.07, 6.45) is 8.32. The van der Waals surface area contributed by atoms with Gasteiger partial charge in [0.2, 0.25) is 0 Å². The van der Waals surface area contributed by atoms with Crippen molar-refractivity contribution in [1.29, 1.82) is 5.26 Å². The molecule has 6 nitrogen and oxygen atoms in total. The largest absolute Gasteiger partial charge is 0.355 e. The van der Waals surface area contributed by atoms with Crippen molar-refractivity contribution in [3.63, 3.8) is 0 Å². The number of anilines is 1. The first-order chi connectivity index (χ1) is 15.2. The van der Waals surface area contributed by atoms with Crippen molar-refractivity contribution in [1.82, 2.24) is 19.6 Å². The zero-order chi connectivity index (χ0) is 21.0. The van der Waals surface area contributed by atoms with Gasteiger partial charge in [-0.2, -0.15) is 10.4 Å². The average Bonchev–Trinajstić information content (AvgIpc) is 3.52. The fourth-order valence-corrected chi connectivity index (χ4v) is 6.16. The van der Waals surface area contributed by atoms with E-state index in [-0.39, 0.29) is 0 Å². The van der Waals surface area contributed by atoms with Gasteiger partial charge >= 0.3 is 0 Å². The molecule has 1 aliphatic heterocycles. The van der Waals surface area contributed by atoms with Gasteiger partial charge in [-0.25, -0.2) is 9.50 Å². The van der Waals surface area contributed by atoms with Crippen LogP contribution in [0.4, 0.5) is 5.82 Å². The van der Waals surface area contributed by atoms with E-state index in [1.807, 2.05) is 42.0 Å². The second-order valence-electron chi connectivity index (χ2n) is 8.72. The number of rotatable bonds is 2. The molecule has 1 aliphatic carbocycles. The lowest BCUT2D eigenvalue weighted by molar-refractivity contribution is 0.231. The van der Waals surface area contributed by atoms with Crippen LogP contribution in [-0.4, -0.2) is 32.7 Å². The lowest BCUT2D eigenvalue weighted by Gasteiger charge is -2.40. The molecule has 4 aromatic heterocycles. The third kappa shape index (κ3) is 2.94. The Hall–Kier alpha value is -3.24. The minimum absolute atomic E-state index is 0.351. The summed E-state index contributed by atoms with van der Waals surface area (Å²) in [5, 5.41) is 13.8. The quantitative estimate of drug-likeness (QED) is 0.475. The molecular formula is C24H22N6S. The number of nitrogens with zero attached hydrogens (tertiary/aromatic N) is 6. The summed E-state index contributed by atoms with van der Waals surface area (Å²) in [5.41, 5.74) is 6.01. The Morgan fingerprint density at radius 2 is 1.97 bits per heavy atom. The Balaban J connectivity index is 1.31. The molecule has 31 heavy (non-hydrogen) atoms. The molecule has 0 atom stereocenters. The number of pyridine rings is 1. The first-order valence-corrected chi connectivity index (χ1v) is 11.5. The van der Waals surface area contributed by atoms with Crippen molar-refractivity contribution < 1.29 is 0 Å².